The van der Waals surface area contributed by atoms with E-state index in [1.807, 2.05) is 25.7 Å². The average Bonchev–Trinajstić information content (AvgIpc) is 2.94. The third kappa shape index (κ3) is 4.22. The average molecular weight is 360 g/mol. The fourth-order valence-electron chi connectivity index (χ4n) is 3.17. The zero-order valence-electron chi connectivity index (χ0n) is 15.5. The number of hydrogen-bond acceptors (Lipinski definition) is 4. The quantitative estimate of drug-likeness (QED) is 0.910. The summed E-state index contributed by atoms with van der Waals surface area (Å²) >= 11 is 0. The molecule has 1 fully saturated rings. The minimum atomic E-state index is -0.276. The number of piperazine rings is 1. The lowest BCUT2D eigenvalue weighted by atomic mass is 10.1. The molecule has 2 amide bonds. The van der Waals surface area contributed by atoms with Gasteiger partial charge in [0.25, 0.3) is 0 Å². The van der Waals surface area contributed by atoms with Crippen LogP contribution in [0.5, 0.6) is 0 Å². The molecule has 140 valence electrons. The predicted molar refractivity (Wildman–Crippen MR) is 96.2 cm³/mol. The first-order valence-corrected chi connectivity index (χ1v) is 8.89. The van der Waals surface area contributed by atoms with Crippen LogP contribution in [0.4, 0.5) is 9.18 Å². The Morgan fingerprint density at radius 1 is 1.23 bits per heavy atom. The summed E-state index contributed by atoms with van der Waals surface area (Å²) in [6.45, 7) is 9.53. The van der Waals surface area contributed by atoms with Crippen LogP contribution in [0.3, 0.4) is 0 Å². The smallest absolute Gasteiger partial charge is 0.317 e. The van der Waals surface area contributed by atoms with Gasteiger partial charge in [-0.25, -0.2) is 9.18 Å². The molecule has 0 aliphatic carbocycles. The SMILES string of the molecule is Cc1noc(C)c1CN1CCN(C(=O)N[C@H](C)c2ccc(F)cc2)CC1. The van der Waals surface area contributed by atoms with E-state index < -0.39 is 0 Å². The Morgan fingerprint density at radius 3 is 2.46 bits per heavy atom. The molecule has 7 heteroatoms. The lowest BCUT2D eigenvalue weighted by Gasteiger charge is -2.35. The molecule has 1 aromatic carbocycles. The van der Waals surface area contributed by atoms with Crippen LogP contribution in [0.15, 0.2) is 28.8 Å². The molecule has 1 saturated heterocycles. The highest BCUT2D eigenvalue weighted by Gasteiger charge is 2.23. The van der Waals surface area contributed by atoms with Crippen molar-refractivity contribution in [2.24, 2.45) is 0 Å². The van der Waals surface area contributed by atoms with E-state index in [1.54, 1.807) is 12.1 Å². The Kier molecular flexibility index (Phi) is 5.56. The van der Waals surface area contributed by atoms with Crippen molar-refractivity contribution in [1.29, 1.82) is 0 Å². The van der Waals surface area contributed by atoms with Gasteiger partial charge >= 0.3 is 6.03 Å². The summed E-state index contributed by atoms with van der Waals surface area (Å²) in [5, 5.41) is 6.98. The lowest BCUT2D eigenvalue weighted by molar-refractivity contribution is 0.133. The Morgan fingerprint density at radius 2 is 1.88 bits per heavy atom. The van der Waals surface area contributed by atoms with Crippen molar-refractivity contribution < 1.29 is 13.7 Å². The molecule has 3 rings (SSSR count). The van der Waals surface area contributed by atoms with Gasteiger partial charge in [0.15, 0.2) is 0 Å². The van der Waals surface area contributed by atoms with E-state index in [-0.39, 0.29) is 17.9 Å². The monoisotopic (exact) mass is 360 g/mol. The molecular formula is C19H25FN4O2. The molecule has 26 heavy (non-hydrogen) atoms. The normalized spacial score (nSPS) is 16.5. The number of amides is 2. The Labute approximate surface area is 152 Å². The maximum atomic E-state index is 13.0. The van der Waals surface area contributed by atoms with Crippen LogP contribution >= 0.6 is 0 Å². The summed E-state index contributed by atoms with van der Waals surface area (Å²) in [7, 11) is 0. The molecule has 1 atom stereocenters. The molecular weight excluding hydrogens is 335 g/mol. The van der Waals surface area contributed by atoms with Crippen molar-refractivity contribution in [2.45, 2.75) is 33.4 Å². The number of hydrogen-bond donors (Lipinski definition) is 1. The van der Waals surface area contributed by atoms with E-state index in [2.05, 4.69) is 15.4 Å². The number of benzene rings is 1. The van der Waals surface area contributed by atoms with Crippen molar-refractivity contribution in [3.63, 3.8) is 0 Å². The topological polar surface area (TPSA) is 61.6 Å². The van der Waals surface area contributed by atoms with E-state index in [9.17, 15) is 9.18 Å². The molecule has 1 aromatic heterocycles. The molecule has 2 aromatic rings. The Bertz CT molecular complexity index is 732. The molecule has 1 N–H and O–H groups in total. The Balaban J connectivity index is 1.49. The molecule has 0 bridgehead atoms. The second-order valence-electron chi connectivity index (χ2n) is 6.79. The van der Waals surface area contributed by atoms with E-state index in [0.29, 0.717) is 13.1 Å². The number of carbonyl (C=O) groups excluding carboxylic acids is 1. The van der Waals surface area contributed by atoms with E-state index in [0.717, 1.165) is 42.2 Å². The van der Waals surface area contributed by atoms with Crippen molar-refractivity contribution in [2.75, 3.05) is 26.2 Å². The zero-order valence-corrected chi connectivity index (χ0v) is 15.5. The maximum absolute atomic E-state index is 13.0. The summed E-state index contributed by atoms with van der Waals surface area (Å²) in [5.41, 5.74) is 2.94. The third-order valence-corrected chi connectivity index (χ3v) is 4.93. The first-order chi connectivity index (χ1) is 12.4. The summed E-state index contributed by atoms with van der Waals surface area (Å²) in [4.78, 5) is 16.6. The number of nitrogens with zero attached hydrogens (tertiary/aromatic N) is 3. The van der Waals surface area contributed by atoms with Gasteiger partial charge in [-0.15, -0.1) is 0 Å². The van der Waals surface area contributed by atoms with Gasteiger partial charge in [0.05, 0.1) is 11.7 Å². The largest absolute Gasteiger partial charge is 0.361 e. The van der Waals surface area contributed by atoms with Crippen LogP contribution in [-0.4, -0.2) is 47.2 Å². The fraction of sp³-hybridized carbons (Fsp3) is 0.474. The van der Waals surface area contributed by atoms with Gasteiger partial charge < -0.3 is 14.7 Å². The minimum Gasteiger partial charge on any atom is -0.361 e. The van der Waals surface area contributed by atoms with Gasteiger partial charge in [-0.1, -0.05) is 17.3 Å². The van der Waals surface area contributed by atoms with Gasteiger partial charge in [0.1, 0.15) is 11.6 Å². The molecule has 0 saturated carbocycles. The zero-order chi connectivity index (χ0) is 18.7. The number of urea groups is 1. The second kappa shape index (κ2) is 7.86. The summed E-state index contributed by atoms with van der Waals surface area (Å²) in [5.74, 6) is 0.581. The van der Waals surface area contributed by atoms with Crippen LogP contribution in [-0.2, 0) is 6.54 Å². The van der Waals surface area contributed by atoms with Crippen LogP contribution in [0.25, 0.3) is 0 Å². The van der Waals surface area contributed by atoms with E-state index >= 15 is 0 Å². The first kappa shape index (κ1) is 18.4. The fourth-order valence-corrected chi connectivity index (χ4v) is 3.17. The molecule has 0 spiro atoms. The number of rotatable bonds is 4. The summed E-state index contributed by atoms with van der Waals surface area (Å²) in [6.07, 6.45) is 0. The van der Waals surface area contributed by atoms with Crippen LogP contribution in [0.2, 0.25) is 0 Å². The highest BCUT2D eigenvalue weighted by Crippen LogP contribution is 2.17. The van der Waals surface area contributed by atoms with Crippen LogP contribution in [0, 0.1) is 19.7 Å². The van der Waals surface area contributed by atoms with Crippen molar-refractivity contribution in [1.82, 2.24) is 20.3 Å². The number of nitrogens with one attached hydrogen (secondary N) is 1. The number of aromatic nitrogens is 1. The van der Waals surface area contributed by atoms with Crippen LogP contribution < -0.4 is 5.32 Å². The van der Waals surface area contributed by atoms with E-state index in [4.69, 9.17) is 4.52 Å². The number of aryl methyl sites for hydroxylation is 2. The second-order valence-corrected chi connectivity index (χ2v) is 6.79. The van der Waals surface area contributed by atoms with Crippen molar-refractivity contribution >= 4 is 6.03 Å². The van der Waals surface area contributed by atoms with Gasteiger partial charge in [-0.3, -0.25) is 4.90 Å². The lowest BCUT2D eigenvalue weighted by Crippen LogP contribution is -2.51. The molecule has 0 radical (unpaired) electrons. The number of carbonyl (C=O) groups is 1. The van der Waals surface area contributed by atoms with Crippen LogP contribution in [0.1, 0.15) is 35.5 Å². The van der Waals surface area contributed by atoms with E-state index in [1.165, 1.54) is 12.1 Å². The Hall–Kier alpha value is -2.41. The molecule has 1 aliphatic rings. The molecule has 0 unspecified atom stereocenters. The highest BCUT2D eigenvalue weighted by molar-refractivity contribution is 5.74. The standard InChI is InChI=1S/C19H25FN4O2/c1-13(16-4-6-17(20)7-5-16)21-19(25)24-10-8-23(9-11-24)12-18-14(2)22-26-15(18)3/h4-7,13H,8-12H2,1-3H3,(H,21,25)/t13-/m1/s1. The van der Waals surface area contributed by atoms with Gasteiger partial charge in [0.2, 0.25) is 0 Å². The molecule has 1 aliphatic heterocycles. The van der Waals surface area contributed by atoms with Crippen molar-refractivity contribution in [3.05, 3.63) is 52.7 Å². The minimum absolute atomic E-state index is 0.0844. The highest BCUT2D eigenvalue weighted by atomic mass is 19.1. The molecule has 2 heterocycles. The predicted octanol–water partition coefficient (Wildman–Crippen LogP) is 3.02. The van der Waals surface area contributed by atoms with Gasteiger partial charge in [-0.2, -0.15) is 0 Å². The summed E-state index contributed by atoms with van der Waals surface area (Å²) in [6, 6.07) is 5.96. The maximum Gasteiger partial charge on any atom is 0.317 e. The third-order valence-electron chi connectivity index (χ3n) is 4.93. The first-order valence-electron chi connectivity index (χ1n) is 8.89. The summed E-state index contributed by atoms with van der Waals surface area (Å²) < 4.78 is 18.2. The van der Waals surface area contributed by atoms with Gasteiger partial charge in [0, 0.05) is 38.3 Å². The van der Waals surface area contributed by atoms with Crippen molar-refractivity contribution in [3.8, 4) is 0 Å². The number of halogens is 1. The molecule has 6 nitrogen and oxygen atoms in total. The van der Waals surface area contributed by atoms with Gasteiger partial charge in [-0.05, 0) is 38.5 Å².